The minimum Gasteiger partial charge on any atom is -0.486 e. The van der Waals surface area contributed by atoms with Gasteiger partial charge in [0, 0.05) is 13.1 Å². The maximum absolute atomic E-state index is 13.8. The van der Waals surface area contributed by atoms with E-state index in [-0.39, 0.29) is 23.3 Å². The molecule has 2 aliphatic heterocycles. The van der Waals surface area contributed by atoms with Gasteiger partial charge in [0.1, 0.15) is 19.3 Å². The quantitative estimate of drug-likeness (QED) is 0.806. The Hall–Kier alpha value is -2.24. The SMILES string of the molecule is O=C(NCc1ccc2c(c1)OCCO2)C1CCCN1C(=O)C12CC3CC(CC(C3)C1)C2. The highest BCUT2D eigenvalue weighted by Gasteiger charge is 2.56. The van der Waals surface area contributed by atoms with Crippen LogP contribution in [0.2, 0.25) is 0 Å². The lowest BCUT2D eigenvalue weighted by molar-refractivity contribution is -0.160. The molecule has 31 heavy (non-hydrogen) atoms. The van der Waals surface area contributed by atoms with E-state index in [0.29, 0.717) is 19.8 Å². The average Bonchev–Trinajstić information content (AvgIpc) is 3.26. The van der Waals surface area contributed by atoms with Crippen molar-refractivity contribution in [2.75, 3.05) is 19.8 Å². The van der Waals surface area contributed by atoms with Crippen molar-refractivity contribution < 1.29 is 19.1 Å². The zero-order valence-electron chi connectivity index (χ0n) is 18.1. The molecule has 5 fully saturated rings. The molecule has 4 saturated carbocycles. The Balaban J connectivity index is 1.13. The summed E-state index contributed by atoms with van der Waals surface area (Å²) in [5, 5.41) is 3.08. The van der Waals surface area contributed by atoms with Crippen LogP contribution in [0.1, 0.15) is 56.9 Å². The molecule has 1 unspecified atom stereocenters. The van der Waals surface area contributed by atoms with E-state index in [1.165, 1.54) is 19.3 Å². The number of likely N-dealkylation sites (tertiary alicyclic amines) is 1. The van der Waals surface area contributed by atoms with Gasteiger partial charge >= 0.3 is 0 Å². The Labute approximate surface area is 183 Å². The predicted octanol–water partition coefficient (Wildman–Crippen LogP) is 3.28. The molecule has 7 rings (SSSR count). The molecule has 6 aliphatic rings. The molecule has 1 aromatic rings. The fraction of sp³-hybridized carbons (Fsp3) is 0.680. The van der Waals surface area contributed by atoms with Crippen LogP contribution in [0, 0.1) is 23.2 Å². The molecule has 1 saturated heterocycles. The molecule has 2 amide bonds. The van der Waals surface area contributed by atoms with Crippen LogP contribution in [0.15, 0.2) is 18.2 Å². The van der Waals surface area contributed by atoms with Gasteiger partial charge in [0.15, 0.2) is 11.5 Å². The van der Waals surface area contributed by atoms with Gasteiger partial charge in [-0.3, -0.25) is 9.59 Å². The number of fused-ring (bicyclic) bond motifs is 1. The first-order valence-corrected chi connectivity index (χ1v) is 12.1. The van der Waals surface area contributed by atoms with Gasteiger partial charge in [-0.1, -0.05) is 6.07 Å². The average molecular weight is 425 g/mol. The van der Waals surface area contributed by atoms with Crippen molar-refractivity contribution in [3.63, 3.8) is 0 Å². The van der Waals surface area contributed by atoms with Crippen LogP contribution in [0.3, 0.4) is 0 Å². The van der Waals surface area contributed by atoms with E-state index in [1.54, 1.807) is 0 Å². The number of carbonyl (C=O) groups is 2. The number of carbonyl (C=O) groups excluding carboxylic acids is 2. The predicted molar refractivity (Wildman–Crippen MR) is 115 cm³/mol. The summed E-state index contributed by atoms with van der Waals surface area (Å²) in [7, 11) is 0. The van der Waals surface area contributed by atoms with E-state index in [1.807, 2.05) is 23.1 Å². The standard InChI is InChI=1S/C25H32N2O4/c28-23(26-15-16-3-4-21-22(11-16)31-7-6-30-21)20-2-1-5-27(20)24(29)25-12-17-8-18(13-25)10-19(9-17)14-25/h3-4,11,17-20H,1-2,5-10,12-15H2,(H,26,28). The normalized spacial score (nSPS) is 35.3. The number of hydrogen-bond acceptors (Lipinski definition) is 4. The lowest BCUT2D eigenvalue weighted by atomic mass is 9.49. The second-order valence-electron chi connectivity index (χ2n) is 10.6. The molecule has 1 aromatic carbocycles. The third-order valence-electron chi connectivity index (χ3n) is 8.38. The van der Waals surface area contributed by atoms with Gasteiger partial charge in [0.25, 0.3) is 0 Å². The first kappa shape index (κ1) is 19.4. The summed E-state index contributed by atoms with van der Waals surface area (Å²) in [6.45, 7) is 2.28. The lowest BCUT2D eigenvalue weighted by Gasteiger charge is -2.56. The van der Waals surface area contributed by atoms with E-state index < -0.39 is 0 Å². The van der Waals surface area contributed by atoms with Crippen molar-refractivity contribution in [3.8, 4) is 11.5 Å². The molecule has 2 heterocycles. The summed E-state index contributed by atoms with van der Waals surface area (Å²) in [6.07, 6.45) is 8.83. The third kappa shape index (κ3) is 3.39. The summed E-state index contributed by atoms with van der Waals surface area (Å²) in [4.78, 5) is 28.8. The molecular weight excluding hydrogens is 392 g/mol. The van der Waals surface area contributed by atoms with Gasteiger partial charge in [-0.2, -0.15) is 0 Å². The van der Waals surface area contributed by atoms with E-state index >= 15 is 0 Å². The van der Waals surface area contributed by atoms with Gasteiger partial charge in [0.2, 0.25) is 11.8 Å². The van der Waals surface area contributed by atoms with Gasteiger partial charge in [0.05, 0.1) is 5.41 Å². The molecule has 0 radical (unpaired) electrons. The lowest BCUT2D eigenvalue weighted by Crippen LogP contribution is -2.57. The van der Waals surface area contributed by atoms with Gasteiger partial charge in [-0.05, 0) is 86.8 Å². The monoisotopic (exact) mass is 424 g/mol. The van der Waals surface area contributed by atoms with Crippen molar-refractivity contribution in [3.05, 3.63) is 23.8 Å². The topological polar surface area (TPSA) is 67.9 Å². The Kier molecular flexibility index (Phi) is 4.65. The molecule has 6 nitrogen and oxygen atoms in total. The maximum Gasteiger partial charge on any atom is 0.243 e. The van der Waals surface area contributed by atoms with Crippen LogP contribution < -0.4 is 14.8 Å². The van der Waals surface area contributed by atoms with Crippen LogP contribution in [0.25, 0.3) is 0 Å². The number of amides is 2. The third-order valence-corrected chi connectivity index (χ3v) is 8.38. The second-order valence-corrected chi connectivity index (χ2v) is 10.6. The van der Waals surface area contributed by atoms with Gasteiger partial charge in [-0.15, -0.1) is 0 Å². The number of nitrogens with one attached hydrogen (secondary N) is 1. The Morgan fingerprint density at radius 3 is 2.39 bits per heavy atom. The molecule has 4 bridgehead atoms. The van der Waals surface area contributed by atoms with Gasteiger partial charge < -0.3 is 19.7 Å². The van der Waals surface area contributed by atoms with Crippen LogP contribution >= 0.6 is 0 Å². The van der Waals surface area contributed by atoms with E-state index in [2.05, 4.69) is 5.32 Å². The van der Waals surface area contributed by atoms with Crippen LogP contribution in [-0.2, 0) is 16.1 Å². The molecule has 6 heteroatoms. The van der Waals surface area contributed by atoms with Crippen molar-refractivity contribution in [1.29, 1.82) is 0 Å². The fourth-order valence-electron chi connectivity index (χ4n) is 7.46. The molecule has 1 N–H and O–H groups in total. The maximum atomic E-state index is 13.8. The summed E-state index contributed by atoms with van der Waals surface area (Å²) in [6, 6.07) is 5.47. The largest absolute Gasteiger partial charge is 0.486 e. The Morgan fingerprint density at radius 2 is 1.68 bits per heavy atom. The minimum absolute atomic E-state index is 0.0227. The van der Waals surface area contributed by atoms with Crippen molar-refractivity contribution >= 4 is 11.8 Å². The number of benzene rings is 1. The summed E-state index contributed by atoms with van der Waals surface area (Å²) in [5.41, 5.74) is 0.808. The molecular formula is C25H32N2O4. The van der Waals surface area contributed by atoms with E-state index in [0.717, 1.165) is 73.5 Å². The number of rotatable bonds is 4. The zero-order valence-corrected chi connectivity index (χ0v) is 18.1. The first-order valence-electron chi connectivity index (χ1n) is 12.1. The number of hydrogen-bond donors (Lipinski definition) is 1. The van der Waals surface area contributed by atoms with Crippen molar-refractivity contribution in [1.82, 2.24) is 10.2 Å². The van der Waals surface area contributed by atoms with E-state index in [4.69, 9.17) is 9.47 Å². The first-order chi connectivity index (χ1) is 15.1. The van der Waals surface area contributed by atoms with Crippen molar-refractivity contribution in [2.24, 2.45) is 23.2 Å². The van der Waals surface area contributed by atoms with Gasteiger partial charge in [-0.25, -0.2) is 0 Å². The summed E-state index contributed by atoms with van der Waals surface area (Å²) >= 11 is 0. The zero-order chi connectivity index (χ0) is 21.0. The van der Waals surface area contributed by atoms with Crippen LogP contribution in [0.4, 0.5) is 0 Å². The number of ether oxygens (including phenoxy) is 2. The van der Waals surface area contributed by atoms with E-state index in [9.17, 15) is 9.59 Å². The molecule has 166 valence electrons. The highest BCUT2D eigenvalue weighted by molar-refractivity contribution is 5.91. The highest BCUT2D eigenvalue weighted by atomic mass is 16.6. The fourth-order valence-corrected chi connectivity index (χ4v) is 7.46. The number of nitrogens with zero attached hydrogens (tertiary/aromatic N) is 1. The van der Waals surface area contributed by atoms with Crippen LogP contribution in [0.5, 0.6) is 11.5 Å². The molecule has 0 aromatic heterocycles. The summed E-state index contributed by atoms with van der Waals surface area (Å²) in [5.74, 6) is 3.96. The summed E-state index contributed by atoms with van der Waals surface area (Å²) < 4.78 is 11.2. The molecule has 0 spiro atoms. The molecule has 4 aliphatic carbocycles. The Bertz CT molecular complexity index is 862. The minimum atomic E-state index is -0.322. The highest BCUT2D eigenvalue weighted by Crippen LogP contribution is 2.60. The second kappa shape index (κ2) is 7.42. The van der Waals surface area contributed by atoms with Crippen molar-refractivity contribution in [2.45, 2.75) is 64.0 Å². The smallest absolute Gasteiger partial charge is 0.243 e. The molecule has 1 atom stereocenters. The Morgan fingerprint density at radius 1 is 1.00 bits per heavy atom. The van der Waals surface area contributed by atoms with Crippen LogP contribution in [-0.4, -0.2) is 42.5 Å².